The van der Waals surface area contributed by atoms with Crippen molar-refractivity contribution in [3.63, 3.8) is 0 Å². The maximum atomic E-state index is 4.75. The Balaban J connectivity index is 0.000000636. The summed E-state index contributed by atoms with van der Waals surface area (Å²) in [5, 5.41) is 2.03. The molecule has 8 rings (SSSR count). The zero-order chi connectivity index (χ0) is 37.9. The average molecular weight is 692 g/mol. The molecule has 0 atom stereocenters. The van der Waals surface area contributed by atoms with Crippen molar-refractivity contribution >= 4 is 29.2 Å². The van der Waals surface area contributed by atoms with E-state index in [9.17, 15) is 0 Å². The van der Waals surface area contributed by atoms with E-state index < -0.39 is 0 Å². The van der Waals surface area contributed by atoms with Gasteiger partial charge in [-0.25, -0.2) is 0 Å². The van der Waals surface area contributed by atoms with Crippen LogP contribution in [0.4, 0.5) is 17.1 Å². The molecule has 0 radical (unpaired) electrons. The van der Waals surface area contributed by atoms with Crippen LogP contribution in [-0.2, 0) is 5.41 Å². The van der Waals surface area contributed by atoms with E-state index >= 15 is 0 Å². The van der Waals surface area contributed by atoms with Crippen LogP contribution < -0.4 is 15.3 Å². The average Bonchev–Trinajstić information content (AvgIpc) is 3.51. The van der Waals surface area contributed by atoms with Gasteiger partial charge in [0.2, 0.25) is 0 Å². The van der Waals surface area contributed by atoms with Crippen LogP contribution in [0, 0.1) is 13.8 Å². The van der Waals surface area contributed by atoms with Gasteiger partial charge in [-0.15, -0.1) is 6.58 Å². The molecule has 53 heavy (non-hydrogen) atoms. The SMILES string of the molecule is C/C=C\C.C=CC.C=CC1=c2c(c(-c3ccc(-c4ccc(N5c6ccccc6C(C)(C)c6ccccc65)cc4C)c(C)c3)ccc2=C)-c2nccnc21. The molecule has 0 unspecified atom stereocenters. The van der Waals surface area contributed by atoms with Crippen LogP contribution in [0.5, 0.6) is 0 Å². The van der Waals surface area contributed by atoms with Crippen molar-refractivity contribution in [1.29, 1.82) is 0 Å². The minimum atomic E-state index is -0.0778. The normalized spacial score (nSPS) is 13.0. The summed E-state index contributed by atoms with van der Waals surface area (Å²) in [6.45, 7) is 26.7. The number of aryl methyl sites for hydroxylation is 2. The highest BCUT2D eigenvalue weighted by atomic mass is 15.2. The first-order valence-electron chi connectivity index (χ1n) is 18.3. The Morgan fingerprint density at radius 3 is 1.72 bits per heavy atom. The predicted octanol–water partition coefficient (Wildman–Crippen LogP) is 12.1. The van der Waals surface area contributed by atoms with Crippen molar-refractivity contribution in [3.8, 4) is 33.5 Å². The Kier molecular flexibility index (Phi) is 10.6. The van der Waals surface area contributed by atoms with Gasteiger partial charge in [0.1, 0.15) is 0 Å². The fourth-order valence-electron chi connectivity index (χ4n) is 7.65. The number of hydrogen-bond donors (Lipinski definition) is 0. The van der Waals surface area contributed by atoms with Gasteiger partial charge in [0.25, 0.3) is 0 Å². The molecular formula is C50H49N3. The van der Waals surface area contributed by atoms with Crippen LogP contribution in [0.1, 0.15) is 62.6 Å². The first-order chi connectivity index (χ1) is 25.6. The van der Waals surface area contributed by atoms with Crippen LogP contribution in [0.2, 0.25) is 0 Å². The summed E-state index contributed by atoms with van der Waals surface area (Å²) in [6, 6.07) is 35.5. The smallest absolute Gasteiger partial charge is 0.0978 e. The number of anilines is 3. The van der Waals surface area contributed by atoms with Crippen molar-refractivity contribution in [2.75, 3.05) is 4.90 Å². The third-order valence-electron chi connectivity index (χ3n) is 10.2. The van der Waals surface area contributed by atoms with Crippen molar-refractivity contribution in [1.82, 2.24) is 9.97 Å². The number of para-hydroxylation sites is 2. The molecule has 0 spiro atoms. The Bertz CT molecular complexity index is 2440. The largest absolute Gasteiger partial charge is 0.310 e. The number of allylic oxidation sites excluding steroid dienone is 4. The van der Waals surface area contributed by atoms with Gasteiger partial charge in [0, 0.05) is 39.9 Å². The number of benzene rings is 5. The van der Waals surface area contributed by atoms with E-state index in [0.29, 0.717) is 0 Å². The molecule has 3 nitrogen and oxygen atoms in total. The highest BCUT2D eigenvalue weighted by Gasteiger charge is 2.36. The molecule has 0 fully saturated rings. The molecule has 0 N–H and O–H groups in total. The second-order valence-electron chi connectivity index (χ2n) is 14.0. The van der Waals surface area contributed by atoms with Crippen LogP contribution in [0.15, 0.2) is 147 Å². The van der Waals surface area contributed by atoms with E-state index in [1.54, 1.807) is 18.5 Å². The Morgan fingerprint density at radius 2 is 1.17 bits per heavy atom. The topological polar surface area (TPSA) is 29.0 Å². The Labute approximate surface area is 315 Å². The second-order valence-corrected chi connectivity index (χ2v) is 14.0. The summed E-state index contributed by atoms with van der Waals surface area (Å²) in [4.78, 5) is 11.8. The monoisotopic (exact) mass is 691 g/mol. The van der Waals surface area contributed by atoms with Crippen molar-refractivity contribution < 1.29 is 0 Å². The lowest BCUT2D eigenvalue weighted by Gasteiger charge is -2.42. The van der Waals surface area contributed by atoms with Gasteiger partial charge in [-0.1, -0.05) is 124 Å². The van der Waals surface area contributed by atoms with Gasteiger partial charge in [-0.2, -0.15) is 0 Å². The minimum absolute atomic E-state index is 0.0778. The third kappa shape index (κ3) is 6.49. The van der Waals surface area contributed by atoms with Crippen LogP contribution >= 0.6 is 0 Å². The molecule has 2 heterocycles. The number of aromatic nitrogens is 2. The molecule has 264 valence electrons. The zero-order valence-corrected chi connectivity index (χ0v) is 32.2. The quantitative estimate of drug-likeness (QED) is 0.172. The molecule has 1 aliphatic carbocycles. The first kappa shape index (κ1) is 36.7. The molecule has 0 saturated heterocycles. The van der Waals surface area contributed by atoms with E-state index in [0.717, 1.165) is 44.1 Å². The van der Waals surface area contributed by atoms with Gasteiger partial charge in [0.15, 0.2) is 0 Å². The number of fused-ring (bicyclic) bond motifs is 5. The van der Waals surface area contributed by atoms with Gasteiger partial charge < -0.3 is 4.90 Å². The van der Waals surface area contributed by atoms with E-state index in [-0.39, 0.29) is 5.41 Å². The maximum Gasteiger partial charge on any atom is 0.0978 e. The molecule has 5 aromatic carbocycles. The number of hydrogen-bond acceptors (Lipinski definition) is 3. The highest BCUT2D eigenvalue weighted by Crippen LogP contribution is 2.52. The number of nitrogens with zero attached hydrogens (tertiary/aromatic N) is 3. The van der Waals surface area contributed by atoms with Gasteiger partial charge in [0.05, 0.1) is 22.8 Å². The standard InChI is InChI=1S/C43H35N3.C4H8.C3H6/c1-7-31-39-26(2)16-19-34(40(39)42-41(31)44-22-23-45-42)29-17-20-32(27(3)24-29)33-21-18-30(25-28(33)4)46-37-14-10-8-12-35(37)43(5,6)36-13-9-11-15-38(36)46;1-3-4-2;1-3-2/h7-25H,1-2H2,3-6H3;3-4H,1-2H3;3H,1H2,2H3/b;4-3-;. The van der Waals surface area contributed by atoms with Crippen molar-refractivity contribution in [3.05, 3.63) is 185 Å². The molecule has 6 aromatic rings. The molecule has 0 saturated carbocycles. The molecule has 1 aromatic heterocycles. The van der Waals surface area contributed by atoms with E-state index in [1.807, 2.05) is 39.0 Å². The lowest BCUT2D eigenvalue weighted by Crippen LogP contribution is -2.30. The lowest BCUT2D eigenvalue weighted by atomic mass is 9.73. The molecule has 0 bridgehead atoms. The summed E-state index contributed by atoms with van der Waals surface area (Å²) < 4.78 is 0. The van der Waals surface area contributed by atoms with Gasteiger partial charge >= 0.3 is 0 Å². The summed E-state index contributed by atoms with van der Waals surface area (Å²) >= 11 is 0. The molecule has 3 heteroatoms. The maximum absolute atomic E-state index is 4.75. The van der Waals surface area contributed by atoms with E-state index in [1.165, 1.54) is 50.4 Å². The third-order valence-corrected chi connectivity index (χ3v) is 10.2. The summed E-state index contributed by atoms with van der Waals surface area (Å²) in [5.74, 6) is 0. The zero-order valence-electron chi connectivity index (χ0n) is 32.2. The van der Waals surface area contributed by atoms with Crippen molar-refractivity contribution in [2.24, 2.45) is 0 Å². The van der Waals surface area contributed by atoms with Crippen molar-refractivity contribution in [2.45, 2.75) is 53.9 Å². The molecule has 0 amide bonds. The van der Waals surface area contributed by atoms with Crippen LogP contribution in [0.3, 0.4) is 0 Å². The fourth-order valence-corrected chi connectivity index (χ4v) is 7.65. The Hall–Kier alpha value is -6.06. The van der Waals surface area contributed by atoms with Gasteiger partial charge in [-0.05, 0) is 109 Å². The first-order valence-corrected chi connectivity index (χ1v) is 18.3. The Morgan fingerprint density at radius 1 is 0.642 bits per heavy atom. The van der Waals surface area contributed by atoms with E-state index in [2.05, 4.69) is 154 Å². The lowest BCUT2D eigenvalue weighted by molar-refractivity contribution is 0.632. The fraction of sp³-hybridized carbons (Fsp3) is 0.160. The summed E-state index contributed by atoms with van der Waals surface area (Å²) in [7, 11) is 0. The minimum Gasteiger partial charge on any atom is -0.310 e. The van der Waals surface area contributed by atoms with Gasteiger partial charge in [-0.3, -0.25) is 9.97 Å². The predicted molar refractivity (Wildman–Crippen MR) is 228 cm³/mol. The highest BCUT2D eigenvalue weighted by molar-refractivity contribution is 5.96. The summed E-state index contributed by atoms with van der Waals surface area (Å²) in [6.07, 6.45) is 11.1. The van der Waals surface area contributed by atoms with Crippen LogP contribution in [-0.4, -0.2) is 9.97 Å². The molecule has 2 aliphatic rings. The van der Waals surface area contributed by atoms with E-state index in [4.69, 9.17) is 4.98 Å². The van der Waals surface area contributed by atoms with Crippen LogP contribution in [0.25, 0.3) is 45.7 Å². The molecular weight excluding hydrogens is 643 g/mol. The number of rotatable bonds is 4. The second kappa shape index (κ2) is 15.3. The molecule has 1 aliphatic heterocycles. The summed E-state index contributed by atoms with van der Waals surface area (Å²) in [5.41, 5.74) is 17.3.